The third kappa shape index (κ3) is 6.52. The molecule has 6 aliphatic heterocycles. The van der Waals surface area contributed by atoms with Crippen LogP contribution in [-0.2, 0) is 38.1 Å². The van der Waals surface area contributed by atoms with Crippen molar-refractivity contribution in [1.29, 1.82) is 0 Å². The SMILES string of the molecule is CCC1=CC(C)(C)N2CCCc3c4c(cc1c32)C1(c2cc3c5c(c2O4)CCCN5C(C)(C)C=C3CS(=O)(=O)O)c2c(Cl)ccc(Cl)c2C(=O)N1OC(C)(C)C(=O)Oc1c(F)c(F)cc(F)c1F. The molecule has 10 rings (SSSR count). The van der Waals surface area contributed by atoms with Gasteiger partial charge in [0, 0.05) is 63.1 Å². The van der Waals surface area contributed by atoms with E-state index in [0.29, 0.717) is 66.1 Å². The Labute approximate surface area is 394 Å². The van der Waals surface area contributed by atoms with Crippen LogP contribution in [0.4, 0.5) is 28.9 Å². The van der Waals surface area contributed by atoms with Crippen molar-refractivity contribution >= 4 is 67.7 Å². The summed E-state index contributed by atoms with van der Waals surface area (Å²) in [5.41, 5.74) is 0.599. The molecule has 18 heteroatoms. The van der Waals surface area contributed by atoms with Gasteiger partial charge in [-0.15, -0.1) is 0 Å². The topological polar surface area (TPSA) is 126 Å². The molecule has 1 atom stereocenters. The van der Waals surface area contributed by atoms with Crippen LogP contribution in [0.5, 0.6) is 17.2 Å². The van der Waals surface area contributed by atoms with E-state index in [4.69, 9.17) is 37.5 Å². The molecule has 0 aromatic heterocycles. The molecule has 4 aromatic rings. The Kier molecular flexibility index (Phi) is 10.2. The number of halogens is 6. The molecule has 0 saturated carbocycles. The van der Waals surface area contributed by atoms with Crippen LogP contribution in [0.25, 0.3) is 11.1 Å². The highest BCUT2D eigenvalue weighted by Gasteiger charge is 2.63. The molecule has 1 spiro atoms. The number of anilines is 2. The fourth-order valence-corrected chi connectivity index (χ4v) is 12.3. The van der Waals surface area contributed by atoms with Gasteiger partial charge in [0.25, 0.3) is 16.0 Å². The molecule has 0 fully saturated rings. The lowest BCUT2D eigenvalue weighted by Crippen LogP contribution is -2.54. The zero-order valence-electron chi connectivity index (χ0n) is 37.5. The van der Waals surface area contributed by atoms with Gasteiger partial charge in [-0.3, -0.25) is 14.2 Å². The van der Waals surface area contributed by atoms with Gasteiger partial charge in [-0.25, -0.2) is 13.6 Å². The van der Waals surface area contributed by atoms with E-state index < -0.39 is 79.0 Å². The van der Waals surface area contributed by atoms with Crippen molar-refractivity contribution < 1.29 is 54.4 Å². The highest BCUT2D eigenvalue weighted by molar-refractivity contribution is 7.86. The minimum Gasteiger partial charge on any atom is -0.456 e. The number of nitrogens with zero attached hydrogens (tertiary/aromatic N) is 3. The number of esters is 1. The van der Waals surface area contributed by atoms with E-state index in [1.54, 1.807) is 12.1 Å². The van der Waals surface area contributed by atoms with E-state index in [9.17, 15) is 26.5 Å². The first-order chi connectivity index (χ1) is 31.3. The Morgan fingerprint density at radius 2 is 1.34 bits per heavy atom. The summed E-state index contributed by atoms with van der Waals surface area (Å²) in [5, 5.41) is 0.918. The number of hydrogen-bond donors (Lipinski definition) is 1. The van der Waals surface area contributed by atoms with Gasteiger partial charge >= 0.3 is 5.97 Å². The molecule has 0 aliphatic carbocycles. The summed E-state index contributed by atoms with van der Waals surface area (Å²) in [7, 11) is -4.63. The lowest BCUT2D eigenvalue weighted by molar-refractivity contribution is -0.236. The van der Waals surface area contributed by atoms with Crippen LogP contribution in [0.1, 0.15) is 117 Å². The number of allylic oxidation sites excluding steroid dienone is 1. The van der Waals surface area contributed by atoms with Gasteiger partial charge in [0.05, 0.1) is 33.0 Å². The quantitative estimate of drug-likeness (QED) is 0.0629. The molecule has 352 valence electrons. The van der Waals surface area contributed by atoms with Crippen LogP contribution in [0, 0.1) is 23.3 Å². The largest absolute Gasteiger partial charge is 0.456 e. The van der Waals surface area contributed by atoms with Crippen molar-refractivity contribution in [3.8, 4) is 17.2 Å². The Balaban J connectivity index is 1.32. The Morgan fingerprint density at radius 3 is 1.87 bits per heavy atom. The number of ether oxygens (including phenoxy) is 2. The zero-order chi connectivity index (χ0) is 48.2. The van der Waals surface area contributed by atoms with Crippen LogP contribution in [0.2, 0.25) is 10.0 Å². The van der Waals surface area contributed by atoms with Gasteiger partial charge in [-0.05, 0) is 109 Å². The predicted molar refractivity (Wildman–Crippen MR) is 245 cm³/mol. The van der Waals surface area contributed by atoms with Crippen molar-refractivity contribution in [3.63, 3.8) is 0 Å². The van der Waals surface area contributed by atoms with Crippen molar-refractivity contribution in [2.75, 3.05) is 28.6 Å². The predicted octanol–water partition coefficient (Wildman–Crippen LogP) is 10.9. The molecule has 1 unspecified atom stereocenters. The second-order valence-corrected chi connectivity index (χ2v) is 21.7. The Bertz CT molecular complexity index is 3110. The Morgan fingerprint density at radius 1 is 0.836 bits per heavy atom. The average molecular weight is 983 g/mol. The molecular formula is C49H45Cl2F4N3O8S. The molecule has 0 bridgehead atoms. The summed E-state index contributed by atoms with van der Waals surface area (Å²) in [6.07, 6.45) is 6.92. The molecule has 67 heavy (non-hydrogen) atoms. The first-order valence-corrected chi connectivity index (χ1v) is 24.3. The van der Waals surface area contributed by atoms with Gasteiger partial charge in [0.2, 0.25) is 17.4 Å². The van der Waals surface area contributed by atoms with E-state index in [1.165, 1.54) is 12.1 Å². The summed E-state index contributed by atoms with van der Waals surface area (Å²) < 4.78 is 107. The number of benzene rings is 4. The minimum absolute atomic E-state index is 0.0325. The molecular weight excluding hydrogens is 938 g/mol. The highest BCUT2D eigenvalue weighted by atomic mass is 35.5. The maximum atomic E-state index is 15.6. The fourth-order valence-electron chi connectivity index (χ4n) is 11.2. The summed E-state index contributed by atoms with van der Waals surface area (Å²) in [6.45, 7) is 13.8. The number of carbonyl (C=O) groups excluding carboxylic acids is 2. The minimum atomic E-state index is -4.63. The molecule has 0 saturated heterocycles. The molecule has 1 amide bonds. The van der Waals surface area contributed by atoms with E-state index in [0.717, 1.165) is 54.3 Å². The van der Waals surface area contributed by atoms with Crippen molar-refractivity contribution in [2.24, 2.45) is 0 Å². The van der Waals surface area contributed by atoms with Crippen molar-refractivity contribution in [3.05, 3.63) is 120 Å². The van der Waals surface area contributed by atoms with Gasteiger partial charge < -0.3 is 19.3 Å². The molecule has 6 aliphatic rings. The number of hydrogen-bond acceptors (Lipinski definition) is 9. The van der Waals surface area contributed by atoms with E-state index in [1.807, 2.05) is 26.8 Å². The smallest absolute Gasteiger partial charge is 0.346 e. The molecule has 11 nitrogen and oxygen atoms in total. The first-order valence-electron chi connectivity index (χ1n) is 21.9. The lowest BCUT2D eigenvalue weighted by Gasteiger charge is -2.52. The summed E-state index contributed by atoms with van der Waals surface area (Å²) in [5.74, 6) is -11.8. The monoisotopic (exact) mass is 981 g/mol. The summed E-state index contributed by atoms with van der Waals surface area (Å²) in [6, 6.07) is 6.52. The zero-order valence-corrected chi connectivity index (χ0v) is 39.8. The molecule has 1 N–H and O–H groups in total. The normalized spacial score (nSPS) is 20.6. The van der Waals surface area contributed by atoms with Crippen LogP contribution in [-0.4, -0.2) is 65.4 Å². The highest BCUT2D eigenvalue weighted by Crippen LogP contribution is 2.66. The standard InChI is InChI=1S/C49H45Cl2F4N3O8S/c1-8-23-20-46(2,3)56-15-9-11-25-39(56)27(23)17-29-41(25)64-42-26-12-10-16-57-40(26)28(24(21-47(57,4)5)22-67(61,62)63)18-30(42)49(29)36-32(51)14-13-31(50)35(36)44(59)58(49)66-48(6,7)45(60)65-43-37(54)33(52)19-34(53)38(43)55/h13-14,17-21H,8-12,15-16,22H2,1-7H3,(H,61,62,63). The first kappa shape index (κ1) is 45.6. The third-order valence-corrected chi connectivity index (χ3v) is 15.2. The molecule has 6 heterocycles. The number of hydroxylamine groups is 2. The van der Waals surface area contributed by atoms with E-state index in [-0.39, 0.29) is 38.4 Å². The average Bonchev–Trinajstić information content (AvgIpc) is 3.50. The van der Waals surface area contributed by atoms with E-state index in [2.05, 4.69) is 29.7 Å². The second kappa shape index (κ2) is 14.9. The number of rotatable bonds is 7. The third-order valence-electron chi connectivity index (χ3n) is 13.9. The number of amides is 1. The van der Waals surface area contributed by atoms with Gasteiger partial charge in [-0.1, -0.05) is 42.3 Å². The maximum absolute atomic E-state index is 15.6. The fraction of sp³-hybridized carbons (Fsp3) is 0.388. The summed E-state index contributed by atoms with van der Waals surface area (Å²) >= 11 is 14.4. The van der Waals surface area contributed by atoms with Crippen LogP contribution >= 0.6 is 23.2 Å². The lowest BCUT2D eigenvalue weighted by atomic mass is 9.69. The van der Waals surface area contributed by atoms with Crippen molar-refractivity contribution in [2.45, 2.75) is 103 Å². The van der Waals surface area contributed by atoms with Crippen LogP contribution in [0.3, 0.4) is 0 Å². The number of fused-ring (bicyclic) bond motifs is 8. The Hall–Kier alpha value is -5.13. The maximum Gasteiger partial charge on any atom is 0.346 e. The van der Waals surface area contributed by atoms with Crippen LogP contribution < -0.4 is 19.3 Å². The van der Waals surface area contributed by atoms with E-state index >= 15 is 13.6 Å². The van der Waals surface area contributed by atoms with Gasteiger partial charge in [0.15, 0.2) is 22.8 Å². The second-order valence-electron chi connectivity index (χ2n) is 19.5. The molecule has 0 radical (unpaired) electrons. The van der Waals surface area contributed by atoms with Crippen LogP contribution in [0.15, 0.2) is 42.5 Å². The van der Waals surface area contributed by atoms with Gasteiger partial charge in [-0.2, -0.15) is 22.3 Å². The molecule has 4 aromatic carbocycles. The van der Waals surface area contributed by atoms with Crippen molar-refractivity contribution in [1.82, 2.24) is 5.06 Å². The van der Waals surface area contributed by atoms with Gasteiger partial charge in [0.1, 0.15) is 17.3 Å². The summed E-state index contributed by atoms with van der Waals surface area (Å²) in [4.78, 5) is 40.9. The number of carbonyl (C=O) groups is 2.